The molecule has 0 bridgehead atoms. The SMILES string of the molecule is C[C@@H]1CN(c2ccc3c(=O)n(C[C@H](O)CN4CCc5ccccc5C4)ncc3c2)CCO1. The van der Waals surface area contributed by atoms with Crippen LogP contribution < -0.4 is 10.5 Å². The molecule has 1 fully saturated rings. The van der Waals surface area contributed by atoms with Crippen molar-refractivity contribution in [1.29, 1.82) is 0 Å². The summed E-state index contributed by atoms with van der Waals surface area (Å²) in [6.07, 6.45) is 2.26. The maximum absolute atomic E-state index is 13.0. The summed E-state index contributed by atoms with van der Waals surface area (Å²) in [5.41, 5.74) is 3.62. The average molecular weight is 435 g/mol. The molecule has 1 aromatic heterocycles. The van der Waals surface area contributed by atoms with E-state index in [1.165, 1.54) is 15.8 Å². The standard InChI is InChI=1S/C25H30N4O3/c1-18-14-28(10-11-32-18)22-6-7-24-21(12-22)13-26-29(25(24)31)17-23(30)16-27-9-8-19-4-2-3-5-20(19)15-27/h2-7,12-13,18,23,30H,8-11,14-17H2,1H3/t18-,23-/m1/s1. The van der Waals surface area contributed by atoms with E-state index in [2.05, 4.69) is 46.1 Å². The lowest BCUT2D eigenvalue weighted by molar-refractivity contribution is 0.0532. The van der Waals surface area contributed by atoms with Gasteiger partial charge in [0.05, 0.1) is 36.9 Å². The summed E-state index contributed by atoms with van der Waals surface area (Å²) >= 11 is 0. The van der Waals surface area contributed by atoms with Gasteiger partial charge in [-0.25, -0.2) is 4.68 Å². The van der Waals surface area contributed by atoms with Crippen molar-refractivity contribution in [2.24, 2.45) is 0 Å². The average Bonchev–Trinajstić information content (AvgIpc) is 2.80. The Morgan fingerprint density at radius 3 is 2.84 bits per heavy atom. The molecule has 0 aliphatic carbocycles. The van der Waals surface area contributed by atoms with Gasteiger partial charge in [0, 0.05) is 43.8 Å². The van der Waals surface area contributed by atoms with Crippen LogP contribution in [0.4, 0.5) is 5.69 Å². The Hall–Kier alpha value is -2.74. The third-order valence-corrected chi connectivity index (χ3v) is 6.50. The number of morpholine rings is 1. The van der Waals surface area contributed by atoms with E-state index < -0.39 is 6.10 Å². The van der Waals surface area contributed by atoms with E-state index in [0.29, 0.717) is 18.5 Å². The molecule has 2 atom stereocenters. The molecule has 32 heavy (non-hydrogen) atoms. The fraction of sp³-hybridized carbons (Fsp3) is 0.440. The number of aliphatic hydroxyl groups is 1. The molecule has 1 N–H and O–H groups in total. The number of aromatic nitrogens is 2. The van der Waals surface area contributed by atoms with E-state index in [-0.39, 0.29) is 18.2 Å². The first kappa shape index (κ1) is 21.1. The Kier molecular flexibility index (Phi) is 5.95. The Labute approximate surface area is 187 Å². The first-order chi connectivity index (χ1) is 15.6. The smallest absolute Gasteiger partial charge is 0.274 e. The molecular weight excluding hydrogens is 404 g/mol. The Bertz CT molecular complexity index is 1160. The minimum atomic E-state index is -0.656. The Morgan fingerprint density at radius 2 is 2.00 bits per heavy atom. The summed E-state index contributed by atoms with van der Waals surface area (Å²) in [6.45, 7) is 6.91. The molecule has 2 aliphatic rings. The molecule has 5 rings (SSSR count). The molecule has 3 aromatic rings. The third-order valence-electron chi connectivity index (χ3n) is 6.50. The lowest BCUT2D eigenvalue weighted by atomic mass is 10.00. The zero-order chi connectivity index (χ0) is 22.1. The van der Waals surface area contributed by atoms with Crippen LogP contribution in [0.2, 0.25) is 0 Å². The highest BCUT2D eigenvalue weighted by atomic mass is 16.5. The van der Waals surface area contributed by atoms with Gasteiger partial charge in [-0.3, -0.25) is 9.69 Å². The highest BCUT2D eigenvalue weighted by Crippen LogP contribution is 2.22. The minimum Gasteiger partial charge on any atom is -0.390 e. The van der Waals surface area contributed by atoms with Crippen molar-refractivity contribution < 1.29 is 9.84 Å². The van der Waals surface area contributed by atoms with Gasteiger partial charge in [-0.2, -0.15) is 5.10 Å². The second-order valence-electron chi connectivity index (χ2n) is 8.94. The number of nitrogens with zero attached hydrogens (tertiary/aromatic N) is 4. The fourth-order valence-corrected chi connectivity index (χ4v) is 4.82. The van der Waals surface area contributed by atoms with Gasteiger partial charge in [0.2, 0.25) is 0 Å². The zero-order valence-electron chi connectivity index (χ0n) is 18.5. The largest absolute Gasteiger partial charge is 0.390 e. The molecule has 0 unspecified atom stereocenters. The number of hydrogen-bond acceptors (Lipinski definition) is 6. The van der Waals surface area contributed by atoms with Crippen LogP contribution in [0.3, 0.4) is 0 Å². The maximum atomic E-state index is 13.0. The third kappa shape index (κ3) is 4.41. The van der Waals surface area contributed by atoms with Crippen molar-refractivity contribution in [3.63, 3.8) is 0 Å². The lowest BCUT2D eigenvalue weighted by Gasteiger charge is -2.33. The highest BCUT2D eigenvalue weighted by Gasteiger charge is 2.20. The molecule has 0 amide bonds. The van der Waals surface area contributed by atoms with Crippen LogP contribution in [-0.2, 0) is 24.2 Å². The van der Waals surface area contributed by atoms with Gasteiger partial charge >= 0.3 is 0 Å². The van der Waals surface area contributed by atoms with Gasteiger partial charge in [-0.05, 0) is 42.7 Å². The van der Waals surface area contributed by atoms with Crippen LogP contribution in [-0.4, -0.2) is 64.8 Å². The minimum absolute atomic E-state index is 0.160. The molecule has 2 aliphatic heterocycles. The van der Waals surface area contributed by atoms with E-state index in [0.717, 1.165) is 43.7 Å². The van der Waals surface area contributed by atoms with E-state index in [9.17, 15) is 9.90 Å². The summed E-state index contributed by atoms with van der Waals surface area (Å²) in [4.78, 5) is 17.5. The van der Waals surface area contributed by atoms with Crippen LogP contribution in [0.5, 0.6) is 0 Å². The van der Waals surface area contributed by atoms with Gasteiger partial charge < -0.3 is 14.7 Å². The van der Waals surface area contributed by atoms with E-state index in [1.54, 1.807) is 6.20 Å². The number of hydrogen-bond donors (Lipinski definition) is 1. The van der Waals surface area contributed by atoms with Gasteiger partial charge in [-0.15, -0.1) is 0 Å². The molecule has 7 nitrogen and oxygen atoms in total. The first-order valence-electron chi connectivity index (χ1n) is 11.4. The highest BCUT2D eigenvalue weighted by molar-refractivity contribution is 5.84. The molecule has 0 saturated carbocycles. The molecule has 0 spiro atoms. The predicted octanol–water partition coefficient (Wildman–Crippen LogP) is 2.04. The van der Waals surface area contributed by atoms with Crippen molar-refractivity contribution in [1.82, 2.24) is 14.7 Å². The van der Waals surface area contributed by atoms with Crippen LogP contribution in [0, 0.1) is 0 Å². The summed E-state index contributed by atoms with van der Waals surface area (Å²) < 4.78 is 7.02. The number of fused-ring (bicyclic) bond motifs is 2. The van der Waals surface area contributed by atoms with E-state index in [1.807, 2.05) is 18.2 Å². The van der Waals surface area contributed by atoms with Crippen molar-refractivity contribution in [3.05, 3.63) is 70.1 Å². The van der Waals surface area contributed by atoms with Crippen LogP contribution in [0.25, 0.3) is 10.8 Å². The number of benzene rings is 2. The molecule has 7 heteroatoms. The topological polar surface area (TPSA) is 70.8 Å². The number of aliphatic hydroxyl groups excluding tert-OH is 1. The molecule has 168 valence electrons. The van der Waals surface area contributed by atoms with Crippen LogP contribution >= 0.6 is 0 Å². The molecule has 1 saturated heterocycles. The summed E-state index contributed by atoms with van der Waals surface area (Å²) in [7, 11) is 0. The van der Waals surface area contributed by atoms with E-state index >= 15 is 0 Å². The number of β-amino-alcohol motifs (C(OH)–C–C–N with tert-alkyl or cyclic N) is 1. The normalized spacial score (nSPS) is 20.3. The predicted molar refractivity (Wildman–Crippen MR) is 125 cm³/mol. The molecule has 2 aromatic carbocycles. The van der Waals surface area contributed by atoms with Gasteiger partial charge in [-0.1, -0.05) is 24.3 Å². The van der Waals surface area contributed by atoms with Crippen molar-refractivity contribution in [2.45, 2.75) is 38.6 Å². The second kappa shape index (κ2) is 9.02. The van der Waals surface area contributed by atoms with Crippen molar-refractivity contribution in [3.8, 4) is 0 Å². The number of ether oxygens (including phenoxy) is 1. The quantitative estimate of drug-likeness (QED) is 0.663. The maximum Gasteiger partial charge on any atom is 0.274 e. The first-order valence-corrected chi connectivity index (χ1v) is 11.4. The van der Waals surface area contributed by atoms with Crippen LogP contribution in [0.15, 0.2) is 53.5 Å². The van der Waals surface area contributed by atoms with Crippen LogP contribution in [0.1, 0.15) is 18.1 Å². The Balaban J connectivity index is 1.27. The Morgan fingerprint density at radius 1 is 1.16 bits per heavy atom. The molecule has 3 heterocycles. The van der Waals surface area contributed by atoms with Gasteiger partial charge in [0.1, 0.15) is 0 Å². The number of anilines is 1. The fourth-order valence-electron chi connectivity index (χ4n) is 4.82. The van der Waals surface area contributed by atoms with E-state index in [4.69, 9.17) is 4.74 Å². The van der Waals surface area contributed by atoms with Crippen molar-refractivity contribution >= 4 is 16.5 Å². The van der Waals surface area contributed by atoms with Crippen molar-refractivity contribution in [2.75, 3.05) is 37.7 Å². The molecule has 0 radical (unpaired) electrons. The summed E-state index contributed by atoms with van der Waals surface area (Å²) in [5.74, 6) is 0. The monoisotopic (exact) mass is 434 g/mol. The summed E-state index contributed by atoms with van der Waals surface area (Å²) in [6, 6.07) is 14.3. The van der Waals surface area contributed by atoms with Gasteiger partial charge in [0.15, 0.2) is 0 Å². The number of rotatable bonds is 5. The zero-order valence-corrected chi connectivity index (χ0v) is 18.5. The summed E-state index contributed by atoms with van der Waals surface area (Å²) in [5, 5.41) is 16.5. The second-order valence-corrected chi connectivity index (χ2v) is 8.94. The molecular formula is C25H30N4O3. The van der Waals surface area contributed by atoms with Gasteiger partial charge in [0.25, 0.3) is 5.56 Å². The lowest BCUT2D eigenvalue weighted by Crippen LogP contribution is -2.41.